The van der Waals surface area contributed by atoms with Crippen LogP contribution in [-0.2, 0) is 6.42 Å². The van der Waals surface area contributed by atoms with Crippen molar-refractivity contribution < 1.29 is 19.9 Å². The highest BCUT2D eigenvalue weighted by Crippen LogP contribution is 2.24. The van der Waals surface area contributed by atoms with E-state index in [1.807, 2.05) is 0 Å². The van der Waals surface area contributed by atoms with Gasteiger partial charge in [-0.3, -0.25) is 0 Å². The Hall–Kier alpha value is -2.50. The van der Waals surface area contributed by atoms with Crippen LogP contribution in [0.5, 0.6) is 11.5 Å². The number of rotatable bonds is 3. The smallest absolute Gasteiger partial charge is 0.128 e. The van der Waals surface area contributed by atoms with Crippen molar-refractivity contribution in [3.8, 4) is 11.5 Å². The molecule has 0 bridgehead atoms. The van der Waals surface area contributed by atoms with Crippen LogP contribution in [-0.4, -0.2) is 26.3 Å². The second kappa shape index (κ2) is 4.56. The molecule has 0 spiro atoms. The van der Waals surface area contributed by atoms with Gasteiger partial charge in [-0.05, 0) is 12.1 Å². The third kappa shape index (κ3) is 2.36. The number of oxime groups is 1. The number of nitrogens with zero attached hydrogens (tertiary/aromatic N) is 2. The molecule has 0 fully saturated rings. The molecule has 1 heterocycles. The molecular formula is C11H10N2O4. The Bertz CT molecular complexity index is 534. The monoisotopic (exact) mass is 234 g/mol. The minimum Gasteiger partial charge on any atom is -0.508 e. The normalized spacial score (nSPS) is 11.6. The Kier molecular flexibility index (Phi) is 2.95. The van der Waals surface area contributed by atoms with Crippen molar-refractivity contribution in [3.05, 3.63) is 41.8 Å². The summed E-state index contributed by atoms with van der Waals surface area (Å²) in [6.07, 6.45) is 1.62. The van der Waals surface area contributed by atoms with Gasteiger partial charge in [0.1, 0.15) is 17.8 Å². The Balaban J connectivity index is 2.30. The summed E-state index contributed by atoms with van der Waals surface area (Å²) in [7, 11) is 0. The quantitative estimate of drug-likeness (QED) is 0.424. The van der Waals surface area contributed by atoms with Crippen LogP contribution in [0.1, 0.15) is 11.3 Å². The first-order valence-corrected chi connectivity index (χ1v) is 4.83. The number of phenols is 2. The molecule has 0 saturated heterocycles. The van der Waals surface area contributed by atoms with E-state index in [0.717, 1.165) is 0 Å². The van der Waals surface area contributed by atoms with E-state index in [9.17, 15) is 5.11 Å². The van der Waals surface area contributed by atoms with Gasteiger partial charge in [0.2, 0.25) is 0 Å². The van der Waals surface area contributed by atoms with E-state index in [0.29, 0.717) is 11.3 Å². The first-order chi connectivity index (χ1) is 8.20. The van der Waals surface area contributed by atoms with E-state index in [4.69, 9.17) is 10.3 Å². The molecule has 0 aliphatic heterocycles. The van der Waals surface area contributed by atoms with E-state index in [-0.39, 0.29) is 23.6 Å². The van der Waals surface area contributed by atoms with Gasteiger partial charge in [0.15, 0.2) is 0 Å². The Morgan fingerprint density at radius 2 is 2.12 bits per heavy atom. The summed E-state index contributed by atoms with van der Waals surface area (Å²) < 4.78 is 4.66. The van der Waals surface area contributed by atoms with Gasteiger partial charge >= 0.3 is 0 Å². The van der Waals surface area contributed by atoms with Gasteiger partial charge in [0.05, 0.1) is 11.4 Å². The molecule has 88 valence electrons. The Labute approximate surface area is 96.4 Å². The van der Waals surface area contributed by atoms with Crippen molar-refractivity contribution in [2.45, 2.75) is 6.42 Å². The number of hydrogen-bond acceptors (Lipinski definition) is 6. The summed E-state index contributed by atoms with van der Waals surface area (Å²) in [5, 5.41) is 34.5. The summed E-state index contributed by atoms with van der Waals surface area (Å²) in [5.41, 5.74) is 1.13. The molecule has 2 aromatic rings. The Morgan fingerprint density at radius 1 is 1.29 bits per heavy atom. The van der Waals surface area contributed by atoms with Gasteiger partial charge in [-0.1, -0.05) is 10.3 Å². The molecule has 0 radical (unpaired) electrons. The highest BCUT2D eigenvalue weighted by atomic mass is 16.5. The van der Waals surface area contributed by atoms with Gasteiger partial charge in [0, 0.05) is 24.1 Å². The third-order valence-electron chi connectivity index (χ3n) is 2.25. The van der Waals surface area contributed by atoms with Gasteiger partial charge in [0.25, 0.3) is 0 Å². The molecule has 0 unspecified atom stereocenters. The van der Waals surface area contributed by atoms with Crippen LogP contribution >= 0.6 is 0 Å². The summed E-state index contributed by atoms with van der Waals surface area (Å²) in [6.45, 7) is 0. The fourth-order valence-electron chi connectivity index (χ4n) is 1.45. The van der Waals surface area contributed by atoms with Crippen molar-refractivity contribution in [2.75, 3.05) is 0 Å². The molecule has 0 saturated carbocycles. The zero-order chi connectivity index (χ0) is 12.3. The van der Waals surface area contributed by atoms with Crippen LogP contribution in [0.4, 0.5) is 0 Å². The van der Waals surface area contributed by atoms with E-state index >= 15 is 0 Å². The summed E-state index contributed by atoms with van der Waals surface area (Å²) in [5.74, 6) is -0.230. The van der Waals surface area contributed by atoms with Crippen LogP contribution in [0, 0.1) is 0 Å². The maximum atomic E-state index is 9.63. The number of benzene rings is 1. The van der Waals surface area contributed by atoms with Crippen LogP contribution in [0.3, 0.4) is 0 Å². The molecule has 17 heavy (non-hydrogen) atoms. The van der Waals surface area contributed by atoms with Gasteiger partial charge < -0.3 is 19.9 Å². The van der Waals surface area contributed by atoms with Crippen LogP contribution < -0.4 is 0 Å². The van der Waals surface area contributed by atoms with E-state index in [1.54, 1.807) is 6.07 Å². The van der Waals surface area contributed by atoms with Crippen molar-refractivity contribution in [1.82, 2.24) is 5.16 Å². The summed E-state index contributed by atoms with van der Waals surface area (Å²) >= 11 is 0. The Morgan fingerprint density at radius 3 is 2.71 bits per heavy atom. The van der Waals surface area contributed by atoms with E-state index < -0.39 is 0 Å². The predicted octanol–water partition coefficient (Wildman–Crippen LogP) is 1.51. The minimum atomic E-state index is -0.165. The molecule has 0 aliphatic carbocycles. The molecule has 1 aromatic carbocycles. The second-order valence-corrected chi connectivity index (χ2v) is 3.42. The summed E-state index contributed by atoms with van der Waals surface area (Å²) in [6, 6.07) is 5.65. The lowest BCUT2D eigenvalue weighted by Gasteiger charge is -2.05. The molecular weight excluding hydrogens is 224 g/mol. The minimum absolute atomic E-state index is 0.0648. The number of aromatic nitrogens is 1. The second-order valence-electron chi connectivity index (χ2n) is 3.42. The van der Waals surface area contributed by atoms with Gasteiger partial charge in [-0.15, -0.1) is 0 Å². The molecule has 0 atom stereocenters. The molecule has 3 N–H and O–H groups in total. The maximum absolute atomic E-state index is 9.63. The van der Waals surface area contributed by atoms with Crippen LogP contribution in [0.2, 0.25) is 0 Å². The van der Waals surface area contributed by atoms with E-state index in [1.165, 1.54) is 24.5 Å². The van der Waals surface area contributed by atoms with Gasteiger partial charge in [-0.25, -0.2) is 0 Å². The molecule has 1 aromatic heterocycles. The third-order valence-corrected chi connectivity index (χ3v) is 2.25. The first-order valence-electron chi connectivity index (χ1n) is 4.83. The highest BCUT2D eigenvalue weighted by molar-refractivity contribution is 6.03. The van der Waals surface area contributed by atoms with E-state index in [2.05, 4.69) is 14.8 Å². The fraction of sp³-hybridized carbons (Fsp3) is 0.0909. The van der Waals surface area contributed by atoms with Crippen molar-refractivity contribution >= 4 is 5.71 Å². The molecule has 0 amide bonds. The molecule has 2 rings (SSSR count). The largest absolute Gasteiger partial charge is 0.508 e. The number of phenolic OH excluding ortho intramolecular Hbond substituents is 2. The highest BCUT2D eigenvalue weighted by Gasteiger charge is 2.12. The number of hydrogen-bond donors (Lipinski definition) is 3. The van der Waals surface area contributed by atoms with Crippen LogP contribution in [0.25, 0.3) is 0 Å². The molecule has 6 heteroatoms. The lowest BCUT2D eigenvalue weighted by molar-refractivity contribution is 0.318. The van der Waals surface area contributed by atoms with Crippen molar-refractivity contribution in [3.63, 3.8) is 0 Å². The molecule has 6 nitrogen and oxygen atoms in total. The van der Waals surface area contributed by atoms with Crippen molar-refractivity contribution in [1.29, 1.82) is 0 Å². The van der Waals surface area contributed by atoms with Gasteiger partial charge in [-0.2, -0.15) is 0 Å². The zero-order valence-corrected chi connectivity index (χ0v) is 8.74. The lowest BCUT2D eigenvalue weighted by atomic mass is 10.0. The topological polar surface area (TPSA) is 99.1 Å². The predicted molar refractivity (Wildman–Crippen MR) is 58.3 cm³/mol. The average molecular weight is 234 g/mol. The zero-order valence-electron chi connectivity index (χ0n) is 8.74. The summed E-state index contributed by atoms with van der Waals surface area (Å²) in [4.78, 5) is 0. The first kappa shape index (κ1) is 11.0. The van der Waals surface area contributed by atoms with Crippen LogP contribution in [0.15, 0.2) is 40.2 Å². The molecule has 0 aliphatic rings. The maximum Gasteiger partial charge on any atom is 0.128 e. The SMILES string of the molecule is O/N=C(\Cc1ccon1)c1ccc(O)cc1O. The average Bonchev–Trinajstić information content (AvgIpc) is 2.79. The van der Waals surface area contributed by atoms with Crippen molar-refractivity contribution in [2.24, 2.45) is 5.16 Å². The standard InChI is InChI=1S/C11H10N2O4/c14-8-1-2-9(11(15)6-8)10(12-16)5-7-3-4-17-13-7/h1-4,6,14-16H,5H2/b12-10+. The lowest BCUT2D eigenvalue weighted by Crippen LogP contribution is -2.06. The fourth-order valence-corrected chi connectivity index (χ4v) is 1.45. The number of aromatic hydroxyl groups is 2.